The molecule has 0 atom stereocenters. The molecule has 0 unspecified atom stereocenters. The zero-order valence-corrected chi connectivity index (χ0v) is 14.4. The van der Waals surface area contributed by atoms with Gasteiger partial charge in [-0.05, 0) is 31.2 Å². The lowest BCUT2D eigenvalue weighted by molar-refractivity contribution is -0.133. The summed E-state index contributed by atoms with van der Waals surface area (Å²) >= 11 is 0. The van der Waals surface area contributed by atoms with Crippen LogP contribution in [0.3, 0.4) is 0 Å². The maximum Gasteiger partial charge on any atom is 0.260 e. The van der Waals surface area contributed by atoms with Crippen molar-refractivity contribution in [3.63, 3.8) is 0 Å². The molecule has 1 saturated heterocycles. The molecule has 0 spiro atoms. The monoisotopic (exact) mass is 341 g/mol. The van der Waals surface area contributed by atoms with Gasteiger partial charge in [-0.1, -0.05) is 18.2 Å². The summed E-state index contributed by atoms with van der Waals surface area (Å²) in [7, 11) is 0. The number of nitrogens with one attached hydrogen (secondary N) is 1. The molecule has 0 radical (unpaired) electrons. The van der Waals surface area contributed by atoms with E-state index >= 15 is 0 Å². The fourth-order valence-electron chi connectivity index (χ4n) is 2.71. The molecule has 0 bridgehead atoms. The van der Waals surface area contributed by atoms with E-state index in [0.717, 1.165) is 31.3 Å². The topological polar surface area (TPSA) is 70.6 Å². The molecule has 1 N–H and O–H groups in total. The quantitative estimate of drug-likeness (QED) is 0.861. The number of hydrogen-bond donors (Lipinski definition) is 1. The molecule has 7 nitrogen and oxygen atoms in total. The van der Waals surface area contributed by atoms with Crippen LogP contribution in [0.5, 0.6) is 5.75 Å². The van der Waals surface area contributed by atoms with E-state index in [9.17, 15) is 4.79 Å². The Morgan fingerprint density at radius 3 is 2.48 bits per heavy atom. The van der Waals surface area contributed by atoms with E-state index in [1.807, 2.05) is 54.3 Å². The molecule has 1 aliphatic heterocycles. The van der Waals surface area contributed by atoms with E-state index in [-0.39, 0.29) is 12.5 Å². The van der Waals surface area contributed by atoms with Crippen LogP contribution in [0.25, 0.3) is 0 Å². The van der Waals surface area contributed by atoms with Gasteiger partial charge in [0.05, 0.1) is 0 Å². The van der Waals surface area contributed by atoms with E-state index in [4.69, 9.17) is 4.74 Å². The third kappa shape index (κ3) is 4.59. The summed E-state index contributed by atoms with van der Waals surface area (Å²) in [5.41, 5.74) is 0. The normalized spacial score (nSPS) is 14.3. The van der Waals surface area contributed by atoms with Gasteiger partial charge in [-0.25, -0.2) is 0 Å². The minimum Gasteiger partial charge on any atom is -0.484 e. The van der Waals surface area contributed by atoms with Crippen molar-refractivity contribution in [2.75, 3.05) is 49.5 Å². The predicted octanol–water partition coefficient (Wildman–Crippen LogP) is 1.64. The number of benzene rings is 1. The molecule has 1 aliphatic rings. The number of nitrogens with zero attached hydrogens (tertiary/aromatic N) is 4. The van der Waals surface area contributed by atoms with Crippen LogP contribution in [-0.4, -0.2) is 60.3 Å². The summed E-state index contributed by atoms with van der Waals surface area (Å²) < 4.78 is 5.53. The Morgan fingerprint density at radius 1 is 1.08 bits per heavy atom. The Labute approximate surface area is 147 Å². The number of aromatic nitrogens is 2. The first-order valence-corrected chi connectivity index (χ1v) is 8.54. The van der Waals surface area contributed by atoms with Gasteiger partial charge >= 0.3 is 0 Å². The van der Waals surface area contributed by atoms with Crippen LogP contribution in [0, 0.1) is 0 Å². The van der Waals surface area contributed by atoms with Gasteiger partial charge in [0.2, 0.25) is 0 Å². The molecule has 1 fully saturated rings. The predicted molar refractivity (Wildman–Crippen MR) is 96.9 cm³/mol. The van der Waals surface area contributed by atoms with Gasteiger partial charge in [0.15, 0.2) is 12.4 Å². The van der Waals surface area contributed by atoms with Gasteiger partial charge in [-0.2, -0.15) is 0 Å². The van der Waals surface area contributed by atoms with E-state index in [1.165, 1.54) is 0 Å². The van der Waals surface area contributed by atoms with Crippen molar-refractivity contribution in [1.29, 1.82) is 0 Å². The van der Waals surface area contributed by atoms with Crippen molar-refractivity contribution < 1.29 is 9.53 Å². The molecule has 1 amide bonds. The van der Waals surface area contributed by atoms with Crippen LogP contribution in [0.2, 0.25) is 0 Å². The standard InChI is InChI=1S/C18H23N5O2/c1-2-19-16-8-9-17(21-20-16)22-10-12-23(13-11-22)18(24)14-25-15-6-4-3-5-7-15/h3-9H,2,10-14H2,1H3,(H,19,20). The fourth-order valence-corrected chi connectivity index (χ4v) is 2.71. The lowest BCUT2D eigenvalue weighted by atomic mass is 10.3. The van der Waals surface area contributed by atoms with E-state index in [2.05, 4.69) is 20.4 Å². The first kappa shape index (κ1) is 17.0. The van der Waals surface area contributed by atoms with Crippen LogP contribution in [-0.2, 0) is 4.79 Å². The Bertz CT molecular complexity index is 670. The molecule has 0 aliphatic carbocycles. The highest BCUT2D eigenvalue weighted by molar-refractivity contribution is 5.78. The van der Waals surface area contributed by atoms with Crippen molar-refractivity contribution in [2.45, 2.75) is 6.92 Å². The Balaban J connectivity index is 1.47. The molecule has 1 aromatic carbocycles. The van der Waals surface area contributed by atoms with Crippen LogP contribution >= 0.6 is 0 Å². The Hall–Kier alpha value is -2.83. The second kappa shape index (κ2) is 8.32. The maximum atomic E-state index is 12.3. The summed E-state index contributed by atoms with van der Waals surface area (Å²) in [6.45, 7) is 5.72. The van der Waals surface area contributed by atoms with Crippen LogP contribution < -0.4 is 15.0 Å². The third-order valence-corrected chi connectivity index (χ3v) is 4.07. The highest BCUT2D eigenvalue weighted by Gasteiger charge is 2.22. The third-order valence-electron chi connectivity index (χ3n) is 4.07. The highest BCUT2D eigenvalue weighted by Crippen LogP contribution is 2.15. The second-order valence-corrected chi connectivity index (χ2v) is 5.78. The lowest BCUT2D eigenvalue weighted by Gasteiger charge is -2.35. The molecule has 7 heteroatoms. The van der Waals surface area contributed by atoms with Gasteiger partial charge in [-0.15, -0.1) is 10.2 Å². The fraction of sp³-hybridized carbons (Fsp3) is 0.389. The minimum atomic E-state index is 0.0112. The maximum absolute atomic E-state index is 12.3. The molecule has 1 aromatic heterocycles. The number of piperazine rings is 1. The van der Waals surface area contributed by atoms with Crippen LogP contribution in [0.4, 0.5) is 11.6 Å². The largest absolute Gasteiger partial charge is 0.484 e. The summed E-state index contributed by atoms with van der Waals surface area (Å²) in [6, 6.07) is 13.3. The Morgan fingerprint density at radius 2 is 1.84 bits per heavy atom. The highest BCUT2D eigenvalue weighted by atomic mass is 16.5. The average Bonchev–Trinajstić information content (AvgIpc) is 2.68. The smallest absolute Gasteiger partial charge is 0.260 e. The van der Waals surface area contributed by atoms with Crippen LogP contribution in [0.15, 0.2) is 42.5 Å². The van der Waals surface area contributed by atoms with Crippen molar-refractivity contribution in [1.82, 2.24) is 15.1 Å². The number of rotatable bonds is 6. The minimum absolute atomic E-state index is 0.0112. The molecule has 132 valence electrons. The van der Waals surface area contributed by atoms with Gasteiger partial charge < -0.3 is 19.9 Å². The summed E-state index contributed by atoms with van der Waals surface area (Å²) in [5, 5.41) is 11.5. The molecule has 2 heterocycles. The number of para-hydroxylation sites is 1. The SMILES string of the molecule is CCNc1ccc(N2CCN(C(=O)COc3ccccc3)CC2)nn1. The van der Waals surface area contributed by atoms with Gasteiger partial charge in [0.25, 0.3) is 5.91 Å². The van der Waals surface area contributed by atoms with Crippen molar-refractivity contribution in [3.05, 3.63) is 42.5 Å². The summed E-state index contributed by atoms with van der Waals surface area (Å²) in [5.74, 6) is 2.34. The van der Waals surface area contributed by atoms with Crippen molar-refractivity contribution >= 4 is 17.5 Å². The first-order valence-electron chi connectivity index (χ1n) is 8.54. The Kier molecular flexibility index (Phi) is 5.66. The van der Waals surface area contributed by atoms with E-state index in [1.54, 1.807) is 0 Å². The number of carbonyl (C=O) groups excluding carboxylic acids is 1. The zero-order chi connectivity index (χ0) is 17.5. The van der Waals surface area contributed by atoms with Crippen molar-refractivity contribution in [3.8, 4) is 5.75 Å². The molecular formula is C18H23N5O2. The summed E-state index contributed by atoms with van der Waals surface area (Å²) in [6.07, 6.45) is 0. The number of hydrogen-bond acceptors (Lipinski definition) is 6. The summed E-state index contributed by atoms with van der Waals surface area (Å²) in [4.78, 5) is 16.3. The number of amides is 1. The van der Waals surface area contributed by atoms with Gasteiger partial charge in [0, 0.05) is 32.7 Å². The molecule has 0 saturated carbocycles. The molecule has 3 rings (SSSR count). The van der Waals surface area contributed by atoms with Gasteiger partial charge in [0.1, 0.15) is 11.6 Å². The number of ether oxygens (including phenoxy) is 1. The number of carbonyl (C=O) groups is 1. The van der Waals surface area contributed by atoms with Crippen molar-refractivity contribution in [2.24, 2.45) is 0 Å². The van der Waals surface area contributed by atoms with E-state index < -0.39 is 0 Å². The average molecular weight is 341 g/mol. The van der Waals surface area contributed by atoms with Crippen LogP contribution in [0.1, 0.15) is 6.92 Å². The number of anilines is 2. The van der Waals surface area contributed by atoms with Gasteiger partial charge in [-0.3, -0.25) is 4.79 Å². The molecule has 2 aromatic rings. The first-order chi connectivity index (χ1) is 12.3. The zero-order valence-electron chi connectivity index (χ0n) is 14.4. The molecular weight excluding hydrogens is 318 g/mol. The lowest BCUT2D eigenvalue weighted by Crippen LogP contribution is -2.50. The molecule has 25 heavy (non-hydrogen) atoms. The van der Waals surface area contributed by atoms with E-state index in [0.29, 0.717) is 18.8 Å². The second-order valence-electron chi connectivity index (χ2n) is 5.78.